The Hall–Kier alpha value is -1.70. The molecule has 0 heterocycles. The molecule has 0 radical (unpaired) electrons. The van der Waals surface area contributed by atoms with Gasteiger partial charge in [-0.15, -0.1) is 0 Å². The van der Waals surface area contributed by atoms with Gasteiger partial charge in [-0.3, -0.25) is 0 Å². The number of benzene rings is 1. The van der Waals surface area contributed by atoms with Crippen LogP contribution in [0.1, 0.15) is 83.4 Å². The van der Waals surface area contributed by atoms with E-state index in [1.54, 1.807) is 14.2 Å². The van der Waals surface area contributed by atoms with Crippen molar-refractivity contribution in [3.63, 3.8) is 0 Å². The molecule has 1 aliphatic carbocycles. The minimum absolute atomic E-state index is 0.165. The molecule has 26 heavy (non-hydrogen) atoms. The Bertz CT molecular complexity index is 666. The summed E-state index contributed by atoms with van der Waals surface area (Å²) in [5.74, 6) is 3.15. The van der Waals surface area contributed by atoms with Crippen molar-refractivity contribution in [2.24, 2.45) is 11.3 Å². The number of methoxy groups -OCH3 is 2. The summed E-state index contributed by atoms with van der Waals surface area (Å²) in [7, 11) is 3.56. The molecule has 2 heteroatoms. The highest BCUT2D eigenvalue weighted by atomic mass is 16.5. The maximum atomic E-state index is 5.98. The quantitative estimate of drug-likeness (QED) is 0.568. The molecule has 0 saturated heterocycles. The van der Waals surface area contributed by atoms with Crippen LogP contribution in [0.5, 0.6) is 11.5 Å². The van der Waals surface area contributed by atoms with E-state index < -0.39 is 0 Å². The molecule has 1 aromatic rings. The molecule has 0 aliphatic heterocycles. The highest BCUT2D eigenvalue weighted by Crippen LogP contribution is 2.51. The maximum absolute atomic E-state index is 5.98. The third-order valence-electron chi connectivity index (χ3n) is 5.43. The molecule has 2 rings (SSSR count). The molecule has 0 saturated carbocycles. The topological polar surface area (TPSA) is 18.5 Å². The third-order valence-corrected chi connectivity index (χ3v) is 5.43. The molecular formula is C24H36O2. The molecule has 0 aromatic heterocycles. The van der Waals surface area contributed by atoms with Crippen LogP contribution in [-0.4, -0.2) is 14.2 Å². The molecule has 1 atom stereocenters. The Morgan fingerprint density at radius 3 is 1.81 bits per heavy atom. The number of hydrogen-bond acceptors (Lipinski definition) is 2. The Morgan fingerprint density at radius 1 is 0.923 bits per heavy atom. The van der Waals surface area contributed by atoms with Crippen molar-refractivity contribution < 1.29 is 9.47 Å². The first-order chi connectivity index (χ1) is 12.1. The van der Waals surface area contributed by atoms with Crippen LogP contribution >= 0.6 is 0 Å². The van der Waals surface area contributed by atoms with Crippen LogP contribution in [-0.2, 0) is 0 Å². The van der Waals surface area contributed by atoms with Crippen molar-refractivity contribution in [1.29, 1.82) is 0 Å². The number of ether oxygens (including phenoxy) is 2. The lowest BCUT2D eigenvalue weighted by Gasteiger charge is -2.36. The lowest BCUT2D eigenvalue weighted by molar-refractivity contribution is 0.301. The normalized spacial score (nSPS) is 17.7. The summed E-state index contributed by atoms with van der Waals surface area (Å²) in [5, 5.41) is 0. The highest BCUT2D eigenvalue weighted by molar-refractivity contribution is 5.81. The molecule has 0 N–H and O–H groups in total. The Labute approximate surface area is 160 Å². The predicted molar refractivity (Wildman–Crippen MR) is 112 cm³/mol. The van der Waals surface area contributed by atoms with Gasteiger partial charge in [0.2, 0.25) is 0 Å². The van der Waals surface area contributed by atoms with E-state index in [1.165, 1.54) is 16.7 Å². The van der Waals surface area contributed by atoms with Crippen LogP contribution in [0.4, 0.5) is 0 Å². The van der Waals surface area contributed by atoms with Crippen LogP contribution in [0.2, 0.25) is 0 Å². The van der Waals surface area contributed by atoms with E-state index in [2.05, 4.69) is 72.8 Å². The van der Waals surface area contributed by atoms with Gasteiger partial charge in [0.05, 0.1) is 19.8 Å². The smallest absolute Gasteiger partial charge is 0.133 e. The van der Waals surface area contributed by atoms with Gasteiger partial charge in [0.15, 0.2) is 0 Å². The average molecular weight is 357 g/mol. The second-order valence-electron chi connectivity index (χ2n) is 9.01. The van der Waals surface area contributed by atoms with Crippen molar-refractivity contribution in [3.05, 3.63) is 41.0 Å². The fraction of sp³-hybridized carbons (Fsp3) is 0.583. The monoisotopic (exact) mass is 356 g/mol. The van der Waals surface area contributed by atoms with E-state index in [0.29, 0.717) is 17.8 Å². The van der Waals surface area contributed by atoms with Gasteiger partial charge in [0.25, 0.3) is 0 Å². The van der Waals surface area contributed by atoms with E-state index in [1.807, 2.05) is 0 Å². The van der Waals surface area contributed by atoms with Gasteiger partial charge in [0, 0.05) is 0 Å². The van der Waals surface area contributed by atoms with E-state index in [4.69, 9.17) is 9.47 Å². The minimum Gasteiger partial charge on any atom is -0.496 e. The summed E-state index contributed by atoms with van der Waals surface area (Å²) in [6.45, 7) is 15.9. The van der Waals surface area contributed by atoms with E-state index in [9.17, 15) is 0 Å². The van der Waals surface area contributed by atoms with Crippen LogP contribution < -0.4 is 9.47 Å². The third kappa shape index (κ3) is 3.84. The van der Waals surface area contributed by atoms with Crippen LogP contribution in [0, 0.1) is 11.3 Å². The Morgan fingerprint density at radius 2 is 1.42 bits per heavy atom. The van der Waals surface area contributed by atoms with Gasteiger partial charge in [-0.25, -0.2) is 0 Å². The first-order valence-corrected chi connectivity index (χ1v) is 9.79. The Balaban J connectivity index is 2.88. The standard InChI is InChI=1S/C24H36O2/c1-15(2)18-14-19(16(3)4)23(26-9)21(22(18)25-8)17-12-10-11-13-20(17)24(5,6)7/h10-12,14-16,20H,13H2,1-9H3/t20-/m1/s1. The average Bonchev–Trinajstić information content (AvgIpc) is 2.58. The summed E-state index contributed by atoms with van der Waals surface area (Å²) in [6.07, 6.45) is 7.75. The fourth-order valence-corrected chi connectivity index (χ4v) is 3.96. The van der Waals surface area contributed by atoms with Gasteiger partial charge in [0.1, 0.15) is 11.5 Å². The minimum atomic E-state index is 0.165. The summed E-state index contributed by atoms with van der Waals surface area (Å²) in [6, 6.07) is 2.28. The summed E-state index contributed by atoms with van der Waals surface area (Å²) >= 11 is 0. The van der Waals surface area contributed by atoms with Crippen LogP contribution in [0.25, 0.3) is 5.57 Å². The van der Waals surface area contributed by atoms with Gasteiger partial charge in [-0.1, -0.05) is 66.7 Å². The predicted octanol–water partition coefficient (Wildman–Crippen LogP) is 6.96. The van der Waals surface area contributed by atoms with E-state index >= 15 is 0 Å². The SMILES string of the molecule is COc1c(C(C)C)cc(C(C)C)c(OC)c1C1=CC=CC[C@H]1C(C)(C)C. The van der Waals surface area contributed by atoms with Crippen molar-refractivity contribution in [3.8, 4) is 11.5 Å². The van der Waals surface area contributed by atoms with Gasteiger partial charge in [-0.05, 0) is 52.4 Å². The van der Waals surface area contributed by atoms with E-state index in [-0.39, 0.29) is 5.41 Å². The van der Waals surface area contributed by atoms with Crippen molar-refractivity contribution in [1.82, 2.24) is 0 Å². The molecule has 1 aliphatic rings. The zero-order valence-corrected chi connectivity index (χ0v) is 18.1. The fourth-order valence-electron chi connectivity index (χ4n) is 3.96. The molecular weight excluding hydrogens is 320 g/mol. The van der Waals surface area contributed by atoms with Crippen molar-refractivity contribution >= 4 is 5.57 Å². The summed E-state index contributed by atoms with van der Waals surface area (Å²) < 4.78 is 12.0. The maximum Gasteiger partial charge on any atom is 0.133 e. The molecule has 0 unspecified atom stereocenters. The first kappa shape index (κ1) is 20.6. The van der Waals surface area contributed by atoms with Gasteiger partial charge in [-0.2, -0.15) is 0 Å². The van der Waals surface area contributed by atoms with Gasteiger partial charge < -0.3 is 9.47 Å². The van der Waals surface area contributed by atoms with E-state index in [0.717, 1.165) is 23.5 Å². The van der Waals surface area contributed by atoms with Crippen molar-refractivity contribution in [2.75, 3.05) is 14.2 Å². The molecule has 144 valence electrons. The lowest BCUT2D eigenvalue weighted by atomic mass is 9.70. The van der Waals surface area contributed by atoms with Crippen LogP contribution in [0.15, 0.2) is 24.3 Å². The second kappa shape index (κ2) is 7.90. The molecule has 0 fully saturated rings. The molecule has 0 spiro atoms. The summed E-state index contributed by atoms with van der Waals surface area (Å²) in [5.41, 5.74) is 5.16. The molecule has 2 nitrogen and oxygen atoms in total. The second-order valence-corrected chi connectivity index (χ2v) is 9.01. The number of allylic oxidation sites excluding steroid dienone is 4. The lowest BCUT2D eigenvalue weighted by Crippen LogP contribution is -2.23. The zero-order valence-electron chi connectivity index (χ0n) is 18.1. The highest BCUT2D eigenvalue weighted by Gasteiger charge is 2.34. The first-order valence-electron chi connectivity index (χ1n) is 9.79. The summed E-state index contributed by atoms with van der Waals surface area (Å²) in [4.78, 5) is 0. The molecule has 0 amide bonds. The van der Waals surface area contributed by atoms with Crippen LogP contribution in [0.3, 0.4) is 0 Å². The molecule has 1 aromatic carbocycles. The molecule has 0 bridgehead atoms. The largest absolute Gasteiger partial charge is 0.496 e. The van der Waals surface area contributed by atoms with Gasteiger partial charge >= 0.3 is 0 Å². The number of rotatable bonds is 5. The number of hydrogen-bond donors (Lipinski definition) is 0. The Kier molecular flexibility index (Phi) is 6.26. The van der Waals surface area contributed by atoms with Crippen molar-refractivity contribution in [2.45, 2.75) is 66.7 Å². The zero-order chi connectivity index (χ0) is 19.6.